The molecule has 1 amide bonds. The van der Waals surface area contributed by atoms with E-state index < -0.39 is 0 Å². The van der Waals surface area contributed by atoms with Gasteiger partial charge in [0.05, 0.1) is 9.27 Å². The maximum absolute atomic E-state index is 12.6. The van der Waals surface area contributed by atoms with E-state index in [0.717, 1.165) is 9.13 Å². The molecule has 164 valence electrons. The first kappa shape index (κ1) is 23.4. The fourth-order valence-electron chi connectivity index (χ4n) is 2.77. The maximum Gasteiger partial charge on any atom is 0.269 e. The molecule has 0 bridgehead atoms. The van der Waals surface area contributed by atoms with Gasteiger partial charge in [-0.25, -0.2) is 4.98 Å². The summed E-state index contributed by atoms with van der Waals surface area (Å²) in [5.74, 6) is 0.708. The number of carbonyl (C=O) groups is 1. The zero-order valence-electron chi connectivity index (χ0n) is 17.7. The van der Waals surface area contributed by atoms with Gasteiger partial charge < -0.3 is 16.4 Å². The van der Waals surface area contributed by atoms with E-state index in [4.69, 9.17) is 5.73 Å². The third-order valence-electron chi connectivity index (χ3n) is 4.41. The highest BCUT2D eigenvalue weighted by Gasteiger charge is 2.12. The van der Waals surface area contributed by atoms with Gasteiger partial charge in [-0.2, -0.15) is 0 Å². The number of nitrogens with zero attached hydrogens (tertiary/aromatic N) is 2. The summed E-state index contributed by atoms with van der Waals surface area (Å²) in [5, 5.41) is 6.79. The van der Waals surface area contributed by atoms with Crippen LogP contribution < -0.4 is 16.4 Å². The van der Waals surface area contributed by atoms with Crippen molar-refractivity contribution in [3.8, 4) is 0 Å². The second kappa shape index (κ2) is 12.0. The fourth-order valence-corrected chi connectivity index (χ4v) is 4.59. The SMILES string of the molecule is C=C(Nc1ccccn1)S/C(=C\N)Sc1ccnc(C(=O)NCC(C)c2ccccc2)c1. The number of anilines is 1. The molecule has 4 N–H and O–H groups in total. The molecule has 2 heterocycles. The number of nitrogens with two attached hydrogens (primary N) is 1. The molecule has 32 heavy (non-hydrogen) atoms. The van der Waals surface area contributed by atoms with E-state index >= 15 is 0 Å². The molecule has 0 saturated carbocycles. The number of carbonyl (C=O) groups excluding carboxylic acids is 1. The molecule has 1 unspecified atom stereocenters. The lowest BCUT2D eigenvalue weighted by molar-refractivity contribution is 0.0946. The lowest BCUT2D eigenvalue weighted by Gasteiger charge is -2.13. The third kappa shape index (κ3) is 7.18. The number of amides is 1. The molecular weight excluding hydrogens is 438 g/mol. The Morgan fingerprint density at radius 2 is 1.91 bits per heavy atom. The van der Waals surface area contributed by atoms with Crippen molar-refractivity contribution in [3.63, 3.8) is 0 Å². The van der Waals surface area contributed by atoms with E-state index in [1.807, 2.05) is 42.5 Å². The Balaban J connectivity index is 1.56. The van der Waals surface area contributed by atoms with Crippen LogP contribution in [0, 0.1) is 0 Å². The number of thioether (sulfide) groups is 2. The molecule has 3 aromatic rings. The Kier molecular flexibility index (Phi) is 8.77. The average molecular weight is 464 g/mol. The minimum absolute atomic E-state index is 0.206. The van der Waals surface area contributed by atoms with Gasteiger partial charge in [0.15, 0.2) is 0 Å². The second-order valence-corrected chi connectivity index (χ2v) is 9.36. The number of hydrogen-bond acceptors (Lipinski definition) is 7. The van der Waals surface area contributed by atoms with E-state index in [9.17, 15) is 4.79 Å². The van der Waals surface area contributed by atoms with Crippen LogP contribution in [-0.4, -0.2) is 22.4 Å². The van der Waals surface area contributed by atoms with Gasteiger partial charge in [-0.1, -0.05) is 73.4 Å². The smallest absolute Gasteiger partial charge is 0.269 e. The first-order valence-electron chi connectivity index (χ1n) is 9.99. The summed E-state index contributed by atoms with van der Waals surface area (Å²) in [6, 6.07) is 19.3. The molecule has 3 rings (SSSR count). The van der Waals surface area contributed by atoms with Crippen molar-refractivity contribution < 1.29 is 4.79 Å². The highest BCUT2D eigenvalue weighted by molar-refractivity contribution is 8.24. The number of aromatic nitrogens is 2. The zero-order chi connectivity index (χ0) is 22.8. The number of benzene rings is 1. The molecule has 0 aliphatic carbocycles. The first-order chi connectivity index (χ1) is 15.5. The lowest BCUT2D eigenvalue weighted by Crippen LogP contribution is -2.28. The molecule has 0 spiro atoms. The van der Waals surface area contributed by atoms with Gasteiger partial charge in [0.2, 0.25) is 0 Å². The van der Waals surface area contributed by atoms with Gasteiger partial charge in [0, 0.05) is 30.0 Å². The minimum atomic E-state index is -0.206. The van der Waals surface area contributed by atoms with Gasteiger partial charge in [-0.15, -0.1) is 0 Å². The Labute approximate surface area is 196 Å². The van der Waals surface area contributed by atoms with Crippen LogP contribution in [0.1, 0.15) is 28.9 Å². The Morgan fingerprint density at radius 3 is 2.62 bits per heavy atom. The quantitative estimate of drug-likeness (QED) is 0.357. The fraction of sp³-hybridized carbons (Fsp3) is 0.125. The zero-order valence-corrected chi connectivity index (χ0v) is 19.3. The topological polar surface area (TPSA) is 92.9 Å². The molecule has 0 aliphatic rings. The normalized spacial score (nSPS) is 12.1. The molecule has 0 radical (unpaired) electrons. The summed E-state index contributed by atoms with van der Waals surface area (Å²) in [6.07, 6.45) is 4.85. The second-order valence-electron chi connectivity index (χ2n) is 6.85. The van der Waals surface area contributed by atoms with Crippen molar-refractivity contribution in [1.29, 1.82) is 0 Å². The molecule has 6 nitrogen and oxygen atoms in total. The Morgan fingerprint density at radius 1 is 1.12 bits per heavy atom. The van der Waals surface area contributed by atoms with Crippen molar-refractivity contribution in [3.05, 3.63) is 106 Å². The van der Waals surface area contributed by atoms with E-state index in [2.05, 4.69) is 46.2 Å². The highest BCUT2D eigenvalue weighted by Crippen LogP contribution is 2.37. The number of nitrogens with one attached hydrogen (secondary N) is 2. The van der Waals surface area contributed by atoms with Crippen molar-refractivity contribution in [2.45, 2.75) is 17.7 Å². The molecular formula is C24H25N5OS2. The molecule has 0 fully saturated rings. The highest BCUT2D eigenvalue weighted by atomic mass is 32.2. The van der Waals surface area contributed by atoms with Crippen molar-refractivity contribution in [2.75, 3.05) is 11.9 Å². The average Bonchev–Trinajstić information content (AvgIpc) is 2.83. The number of rotatable bonds is 10. The molecule has 2 aromatic heterocycles. The van der Waals surface area contributed by atoms with Crippen molar-refractivity contribution >= 4 is 35.2 Å². The van der Waals surface area contributed by atoms with E-state index in [1.165, 1.54) is 35.3 Å². The predicted molar refractivity (Wildman–Crippen MR) is 134 cm³/mol. The van der Waals surface area contributed by atoms with Crippen LogP contribution in [0.2, 0.25) is 0 Å². The molecule has 0 saturated heterocycles. The van der Waals surface area contributed by atoms with Gasteiger partial charge in [0.1, 0.15) is 11.5 Å². The summed E-state index contributed by atoms with van der Waals surface area (Å²) in [5.41, 5.74) is 7.36. The summed E-state index contributed by atoms with van der Waals surface area (Å²) in [7, 11) is 0. The van der Waals surface area contributed by atoms with Crippen LogP contribution in [0.3, 0.4) is 0 Å². The van der Waals surface area contributed by atoms with Gasteiger partial charge in [0.25, 0.3) is 5.91 Å². The maximum atomic E-state index is 12.6. The van der Waals surface area contributed by atoms with Gasteiger partial charge >= 0.3 is 0 Å². The Hall–Kier alpha value is -3.23. The summed E-state index contributed by atoms with van der Waals surface area (Å²) in [4.78, 5) is 21.9. The van der Waals surface area contributed by atoms with E-state index in [-0.39, 0.29) is 11.8 Å². The van der Waals surface area contributed by atoms with Crippen molar-refractivity contribution in [1.82, 2.24) is 15.3 Å². The third-order valence-corrected chi connectivity index (χ3v) is 6.42. The van der Waals surface area contributed by atoms with Crippen LogP contribution >= 0.6 is 23.5 Å². The monoisotopic (exact) mass is 463 g/mol. The van der Waals surface area contributed by atoms with E-state index in [0.29, 0.717) is 23.1 Å². The van der Waals surface area contributed by atoms with Crippen LogP contribution in [0.4, 0.5) is 5.82 Å². The largest absolute Gasteiger partial charge is 0.403 e. The summed E-state index contributed by atoms with van der Waals surface area (Å²) < 4.78 is 0.814. The van der Waals surface area contributed by atoms with Crippen LogP contribution in [0.15, 0.2) is 100.0 Å². The van der Waals surface area contributed by atoms with Crippen LogP contribution in [0.5, 0.6) is 0 Å². The summed E-state index contributed by atoms with van der Waals surface area (Å²) >= 11 is 2.83. The predicted octanol–water partition coefficient (Wildman–Crippen LogP) is 5.18. The molecule has 0 aliphatic heterocycles. The lowest BCUT2D eigenvalue weighted by atomic mass is 10.0. The Bertz CT molecular complexity index is 1070. The van der Waals surface area contributed by atoms with Crippen LogP contribution in [-0.2, 0) is 0 Å². The van der Waals surface area contributed by atoms with Gasteiger partial charge in [-0.3, -0.25) is 9.78 Å². The van der Waals surface area contributed by atoms with E-state index in [1.54, 1.807) is 18.5 Å². The number of pyridine rings is 2. The minimum Gasteiger partial charge on any atom is -0.403 e. The standard InChI is InChI=1S/C24H25N5OS2/c1-17(19-8-4-3-5-9-19)16-28-24(30)21-14-20(11-13-26-21)32-23(15-25)31-18(2)29-22-10-6-7-12-27-22/h3-15,17H,2,16,25H2,1H3,(H,27,29)(H,28,30)/b23-15+. The summed E-state index contributed by atoms with van der Waals surface area (Å²) in [6.45, 7) is 6.63. The number of hydrogen-bond donors (Lipinski definition) is 3. The molecule has 1 aromatic carbocycles. The van der Waals surface area contributed by atoms with Crippen LogP contribution in [0.25, 0.3) is 0 Å². The first-order valence-corrected chi connectivity index (χ1v) is 11.6. The molecule has 1 atom stereocenters. The van der Waals surface area contributed by atoms with Gasteiger partial charge in [-0.05, 0) is 35.7 Å². The van der Waals surface area contributed by atoms with Crippen molar-refractivity contribution in [2.24, 2.45) is 5.73 Å². The molecule has 8 heteroatoms.